The summed E-state index contributed by atoms with van der Waals surface area (Å²) in [6.45, 7) is 8.63. The molecule has 0 radical (unpaired) electrons. The molecule has 28 heavy (non-hydrogen) atoms. The predicted octanol–water partition coefficient (Wildman–Crippen LogP) is 3.57. The Morgan fingerprint density at radius 2 is 1.96 bits per heavy atom. The molecular formula is C22H30N4OS. The second-order valence-corrected chi connectivity index (χ2v) is 7.46. The van der Waals surface area contributed by atoms with Crippen molar-refractivity contribution in [3.8, 4) is 0 Å². The van der Waals surface area contributed by atoms with E-state index >= 15 is 0 Å². The molecule has 1 aromatic carbocycles. The van der Waals surface area contributed by atoms with Gasteiger partial charge in [0.2, 0.25) is 0 Å². The second-order valence-electron chi connectivity index (χ2n) is 7.07. The SMILES string of the molecule is CCc1ccc(NC(=S)N(CCCN2CCOCC2)Cc2cccnc2)cc1. The zero-order chi connectivity index (χ0) is 19.6. The third-order valence-corrected chi connectivity index (χ3v) is 5.36. The monoisotopic (exact) mass is 398 g/mol. The number of rotatable bonds is 8. The van der Waals surface area contributed by atoms with Gasteiger partial charge in [0.1, 0.15) is 0 Å². The Hall–Kier alpha value is -2.02. The van der Waals surface area contributed by atoms with Gasteiger partial charge in [-0.1, -0.05) is 25.1 Å². The highest BCUT2D eigenvalue weighted by atomic mass is 32.1. The zero-order valence-electron chi connectivity index (χ0n) is 16.6. The van der Waals surface area contributed by atoms with Gasteiger partial charge < -0.3 is 15.0 Å². The number of nitrogens with one attached hydrogen (secondary N) is 1. The van der Waals surface area contributed by atoms with Gasteiger partial charge in [-0.05, 0) is 54.4 Å². The average molecular weight is 399 g/mol. The van der Waals surface area contributed by atoms with E-state index in [0.717, 1.165) is 69.6 Å². The van der Waals surface area contributed by atoms with Crippen LogP contribution in [0.15, 0.2) is 48.8 Å². The maximum atomic E-state index is 5.75. The van der Waals surface area contributed by atoms with Gasteiger partial charge >= 0.3 is 0 Å². The van der Waals surface area contributed by atoms with Crippen LogP contribution < -0.4 is 5.32 Å². The van der Waals surface area contributed by atoms with Crippen LogP contribution in [0.3, 0.4) is 0 Å². The van der Waals surface area contributed by atoms with Crippen LogP contribution in [0.1, 0.15) is 24.5 Å². The van der Waals surface area contributed by atoms with Crippen LogP contribution in [0.4, 0.5) is 5.69 Å². The Bertz CT molecular complexity index is 717. The van der Waals surface area contributed by atoms with Crippen molar-refractivity contribution in [2.24, 2.45) is 0 Å². The van der Waals surface area contributed by atoms with Crippen LogP contribution in [-0.4, -0.2) is 59.3 Å². The van der Waals surface area contributed by atoms with E-state index in [9.17, 15) is 0 Å². The van der Waals surface area contributed by atoms with Gasteiger partial charge in [0, 0.05) is 50.8 Å². The summed E-state index contributed by atoms with van der Waals surface area (Å²) < 4.78 is 5.44. The molecule has 0 atom stereocenters. The molecule has 0 aliphatic carbocycles. The highest BCUT2D eigenvalue weighted by Crippen LogP contribution is 2.13. The highest BCUT2D eigenvalue weighted by Gasteiger charge is 2.14. The first kappa shape index (κ1) is 20.7. The summed E-state index contributed by atoms with van der Waals surface area (Å²) in [7, 11) is 0. The first-order valence-electron chi connectivity index (χ1n) is 10.1. The van der Waals surface area contributed by atoms with Gasteiger partial charge in [-0.3, -0.25) is 9.88 Å². The summed E-state index contributed by atoms with van der Waals surface area (Å²) in [6.07, 6.45) is 5.82. The number of anilines is 1. The van der Waals surface area contributed by atoms with Gasteiger partial charge in [-0.15, -0.1) is 0 Å². The lowest BCUT2D eigenvalue weighted by Gasteiger charge is -2.29. The number of ether oxygens (including phenoxy) is 1. The third-order valence-electron chi connectivity index (χ3n) is 5.00. The Labute approximate surface area is 173 Å². The molecule has 5 nitrogen and oxygen atoms in total. The Morgan fingerprint density at radius 3 is 2.64 bits per heavy atom. The summed E-state index contributed by atoms with van der Waals surface area (Å²) in [6, 6.07) is 12.6. The summed E-state index contributed by atoms with van der Waals surface area (Å²) in [4.78, 5) is 8.94. The van der Waals surface area contributed by atoms with Crippen molar-refractivity contribution in [3.63, 3.8) is 0 Å². The second kappa shape index (κ2) is 11.1. The van der Waals surface area contributed by atoms with Crippen molar-refractivity contribution in [2.45, 2.75) is 26.3 Å². The predicted molar refractivity (Wildman–Crippen MR) is 119 cm³/mol. The number of aromatic nitrogens is 1. The number of pyridine rings is 1. The van der Waals surface area contributed by atoms with Crippen LogP contribution in [-0.2, 0) is 17.7 Å². The molecule has 1 aliphatic heterocycles. The number of hydrogen-bond acceptors (Lipinski definition) is 4. The molecule has 3 rings (SSSR count). The Morgan fingerprint density at radius 1 is 1.18 bits per heavy atom. The lowest BCUT2D eigenvalue weighted by atomic mass is 10.1. The Balaban J connectivity index is 1.59. The lowest BCUT2D eigenvalue weighted by molar-refractivity contribution is 0.0368. The standard InChI is InChI=1S/C22H30N4OS/c1-2-19-6-8-21(9-7-19)24-22(28)26(18-20-5-3-10-23-17-20)12-4-11-25-13-15-27-16-14-25/h3,5-10,17H,2,4,11-16,18H2,1H3,(H,24,28). The van der Waals surface area contributed by atoms with Crippen LogP contribution in [0.5, 0.6) is 0 Å². The highest BCUT2D eigenvalue weighted by molar-refractivity contribution is 7.80. The van der Waals surface area contributed by atoms with E-state index in [2.05, 4.69) is 57.4 Å². The van der Waals surface area contributed by atoms with Crippen molar-refractivity contribution in [1.29, 1.82) is 0 Å². The molecule has 0 bridgehead atoms. The number of benzene rings is 1. The first-order valence-corrected chi connectivity index (χ1v) is 10.5. The number of nitrogens with zero attached hydrogens (tertiary/aromatic N) is 3. The fourth-order valence-electron chi connectivity index (χ4n) is 3.30. The van der Waals surface area contributed by atoms with E-state index in [1.165, 1.54) is 11.1 Å². The fourth-order valence-corrected chi connectivity index (χ4v) is 3.57. The van der Waals surface area contributed by atoms with Gasteiger partial charge in [-0.25, -0.2) is 0 Å². The van der Waals surface area contributed by atoms with Crippen LogP contribution in [0.25, 0.3) is 0 Å². The van der Waals surface area contributed by atoms with Crippen LogP contribution >= 0.6 is 12.2 Å². The number of morpholine rings is 1. The zero-order valence-corrected chi connectivity index (χ0v) is 17.5. The maximum absolute atomic E-state index is 5.75. The van der Waals surface area contributed by atoms with E-state index in [1.54, 1.807) is 6.20 Å². The molecule has 2 heterocycles. The van der Waals surface area contributed by atoms with E-state index in [4.69, 9.17) is 17.0 Å². The summed E-state index contributed by atoms with van der Waals surface area (Å²) in [5, 5.41) is 4.16. The quantitative estimate of drug-likeness (QED) is 0.686. The number of hydrogen-bond donors (Lipinski definition) is 1. The average Bonchev–Trinajstić information content (AvgIpc) is 2.75. The lowest BCUT2D eigenvalue weighted by Crippen LogP contribution is -2.40. The van der Waals surface area contributed by atoms with Crippen molar-refractivity contribution < 1.29 is 4.74 Å². The van der Waals surface area contributed by atoms with Crippen molar-refractivity contribution in [3.05, 3.63) is 59.9 Å². The Kier molecular flexibility index (Phi) is 8.21. The van der Waals surface area contributed by atoms with Crippen LogP contribution in [0, 0.1) is 0 Å². The molecule has 1 aromatic heterocycles. The van der Waals surface area contributed by atoms with Gasteiger partial charge in [0.25, 0.3) is 0 Å². The van der Waals surface area contributed by atoms with Crippen molar-refractivity contribution >= 4 is 23.0 Å². The summed E-state index contributed by atoms with van der Waals surface area (Å²) in [5.74, 6) is 0. The van der Waals surface area contributed by atoms with Gasteiger partial charge in [-0.2, -0.15) is 0 Å². The largest absolute Gasteiger partial charge is 0.379 e. The molecule has 1 N–H and O–H groups in total. The van der Waals surface area contributed by atoms with Crippen molar-refractivity contribution in [1.82, 2.24) is 14.8 Å². The van der Waals surface area contributed by atoms with Gasteiger partial charge in [0.05, 0.1) is 13.2 Å². The van der Waals surface area contributed by atoms with E-state index in [-0.39, 0.29) is 0 Å². The summed E-state index contributed by atoms with van der Waals surface area (Å²) in [5.41, 5.74) is 3.53. The van der Waals surface area contributed by atoms with E-state index in [0.29, 0.717) is 0 Å². The normalized spacial score (nSPS) is 14.6. The molecule has 1 aliphatic rings. The molecule has 0 spiro atoms. The molecular weight excluding hydrogens is 368 g/mol. The number of aryl methyl sites for hydroxylation is 1. The minimum Gasteiger partial charge on any atom is -0.379 e. The minimum atomic E-state index is 0.759. The molecule has 1 fully saturated rings. The van der Waals surface area contributed by atoms with Crippen LogP contribution in [0.2, 0.25) is 0 Å². The third kappa shape index (κ3) is 6.55. The molecule has 1 saturated heterocycles. The number of thiocarbonyl (C=S) groups is 1. The first-order chi connectivity index (χ1) is 13.7. The molecule has 2 aromatic rings. The van der Waals surface area contributed by atoms with E-state index < -0.39 is 0 Å². The fraction of sp³-hybridized carbons (Fsp3) is 0.455. The van der Waals surface area contributed by atoms with E-state index in [1.807, 2.05) is 12.3 Å². The molecule has 0 unspecified atom stereocenters. The minimum absolute atomic E-state index is 0.759. The van der Waals surface area contributed by atoms with Gasteiger partial charge in [0.15, 0.2) is 5.11 Å². The molecule has 6 heteroatoms. The smallest absolute Gasteiger partial charge is 0.173 e. The molecule has 150 valence electrons. The molecule has 0 amide bonds. The molecule has 0 saturated carbocycles. The van der Waals surface area contributed by atoms with Crippen molar-refractivity contribution in [2.75, 3.05) is 44.7 Å². The summed E-state index contributed by atoms with van der Waals surface area (Å²) >= 11 is 5.75. The maximum Gasteiger partial charge on any atom is 0.173 e. The topological polar surface area (TPSA) is 40.6 Å².